The highest BCUT2D eigenvalue weighted by Crippen LogP contribution is 2.37. The Hall–Kier alpha value is -1.45. The van der Waals surface area contributed by atoms with E-state index in [1.165, 1.54) is 0 Å². The molecule has 0 aliphatic heterocycles. The van der Waals surface area contributed by atoms with E-state index in [4.69, 9.17) is 9.47 Å². The summed E-state index contributed by atoms with van der Waals surface area (Å²) in [6.07, 6.45) is 5.09. The number of carbonyl (C=O) groups is 1. The van der Waals surface area contributed by atoms with E-state index in [9.17, 15) is 4.79 Å². The standard InChI is InChI=1S/C13H21NO3/c1-6-13(12(15)14(2)3)8-10(16-4)7-11(9-13)17-5/h8-9H,6-7H2,1-5H3. The van der Waals surface area contributed by atoms with Gasteiger partial charge in [0.25, 0.3) is 0 Å². The lowest BCUT2D eigenvalue weighted by atomic mass is 9.79. The second kappa shape index (κ2) is 5.25. The number of ether oxygens (including phenoxy) is 2. The highest BCUT2D eigenvalue weighted by Gasteiger charge is 2.37. The Morgan fingerprint density at radius 1 is 1.29 bits per heavy atom. The van der Waals surface area contributed by atoms with Gasteiger partial charge in [-0.25, -0.2) is 0 Å². The first-order valence-electron chi connectivity index (χ1n) is 5.72. The lowest BCUT2D eigenvalue weighted by Gasteiger charge is -2.32. The molecule has 1 amide bonds. The van der Waals surface area contributed by atoms with Crippen molar-refractivity contribution in [3.63, 3.8) is 0 Å². The van der Waals surface area contributed by atoms with Crippen LogP contribution >= 0.6 is 0 Å². The van der Waals surface area contributed by atoms with Gasteiger partial charge in [0.1, 0.15) is 11.5 Å². The van der Waals surface area contributed by atoms with Crippen molar-refractivity contribution >= 4 is 5.91 Å². The van der Waals surface area contributed by atoms with E-state index in [1.54, 1.807) is 33.2 Å². The van der Waals surface area contributed by atoms with Gasteiger partial charge in [0.05, 0.1) is 26.1 Å². The molecule has 0 aromatic carbocycles. The van der Waals surface area contributed by atoms with Crippen LogP contribution in [0.15, 0.2) is 23.7 Å². The zero-order chi connectivity index (χ0) is 13.1. The molecule has 0 aromatic rings. The van der Waals surface area contributed by atoms with Gasteiger partial charge in [-0.3, -0.25) is 4.79 Å². The largest absolute Gasteiger partial charge is 0.501 e. The average molecular weight is 239 g/mol. The van der Waals surface area contributed by atoms with E-state index < -0.39 is 5.41 Å². The summed E-state index contributed by atoms with van der Waals surface area (Å²) in [5.74, 6) is 1.60. The molecule has 0 radical (unpaired) electrons. The first-order valence-corrected chi connectivity index (χ1v) is 5.72. The molecule has 0 unspecified atom stereocenters. The summed E-state index contributed by atoms with van der Waals surface area (Å²) in [7, 11) is 6.75. The molecular formula is C13H21NO3. The second-order valence-electron chi connectivity index (χ2n) is 4.40. The first kappa shape index (κ1) is 13.6. The fourth-order valence-corrected chi connectivity index (χ4v) is 2.05. The lowest BCUT2D eigenvalue weighted by Crippen LogP contribution is -2.39. The number of methoxy groups -OCH3 is 2. The minimum Gasteiger partial charge on any atom is -0.501 e. The van der Waals surface area contributed by atoms with Crippen LogP contribution in [0.2, 0.25) is 0 Å². The molecule has 0 saturated heterocycles. The molecule has 1 aliphatic carbocycles. The van der Waals surface area contributed by atoms with Gasteiger partial charge in [-0.2, -0.15) is 0 Å². The Labute approximate surface area is 103 Å². The van der Waals surface area contributed by atoms with Crippen molar-refractivity contribution < 1.29 is 14.3 Å². The van der Waals surface area contributed by atoms with Crippen LogP contribution in [0, 0.1) is 5.41 Å². The van der Waals surface area contributed by atoms with Crippen molar-refractivity contribution in [2.75, 3.05) is 28.3 Å². The van der Waals surface area contributed by atoms with Crippen molar-refractivity contribution in [2.45, 2.75) is 19.8 Å². The minimum absolute atomic E-state index is 0.0452. The summed E-state index contributed by atoms with van der Waals surface area (Å²) in [6, 6.07) is 0. The van der Waals surface area contributed by atoms with E-state index >= 15 is 0 Å². The van der Waals surface area contributed by atoms with Crippen LogP contribution in [0.25, 0.3) is 0 Å². The minimum atomic E-state index is -0.640. The van der Waals surface area contributed by atoms with Crippen LogP contribution in [-0.2, 0) is 14.3 Å². The van der Waals surface area contributed by atoms with Crippen LogP contribution < -0.4 is 0 Å². The fourth-order valence-electron chi connectivity index (χ4n) is 2.05. The predicted octanol–water partition coefficient (Wildman–Crippen LogP) is 1.94. The van der Waals surface area contributed by atoms with Gasteiger partial charge in [-0.05, 0) is 18.6 Å². The van der Waals surface area contributed by atoms with Gasteiger partial charge >= 0.3 is 0 Å². The van der Waals surface area contributed by atoms with Crippen LogP contribution in [0.4, 0.5) is 0 Å². The first-order chi connectivity index (χ1) is 7.99. The quantitative estimate of drug-likeness (QED) is 0.752. The molecule has 0 saturated carbocycles. The van der Waals surface area contributed by atoms with Crippen molar-refractivity contribution in [1.29, 1.82) is 0 Å². The zero-order valence-electron chi connectivity index (χ0n) is 11.2. The third kappa shape index (κ3) is 2.62. The zero-order valence-corrected chi connectivity index (χ0v) is 11.2. The maximum absolute atomic E-state index is 12.3. The van der Waals surface area contributed by atoms with Crippen LogP contribution in [0.3, 0.4) is 0 Å². The number of hydrogen-bond donors (Lipinski definition) is 0. The lowest BCUT2D eigenvalue weighted by molar-refractivity contribution is -0.135. The third-order valence-electron chi connectivity index (χ3n) is 3.10. The average Bonchev–Trinajstić information content (AvgIpc) is 2.36. The SMILES string of the molecule is CCC1(C(=O)N(C)C)C=C(OC)CC(OC)=C1. The van der Waals surface area contributed by atoms with Gasteiger partial charge < -0.3 is 14.4 Å². The molecule has 4 heteroatoms. The summed E-state index contributed by atoms with van der Waals surface area (Å²) in [5.41, 5.74) is -0.640. The van der Waals surface area contributed by atoms with Gasteiger partial charge in [-0.1, -0.05) is 6.92 Å². The predicted molar refractivity (Wildman–Crippen MR) is 66.2 cm³/mol. The van der Waals surface area contributed by atoms with E-state index in [2.05, 4.69) is 0 Å². The Morgan fingerprint density at radius 3 is 2.06 bits per heavy atom. The topological polar surface area (TPSA) is 38.8 Å². The number of amides is 1. The number of rotatable bonds is 4. The monoisotopic (exact) mass is 239 g/mol. The summed E-state index contributed by atoms with van der Waals surface area (Å²) in [4.78, 5) is 13.9. The van der Waals surface area contributed by atoms with Crippen LogP contribution in [0.1, 0.15) is 19.8 Å². The second-order valence-corrected chi connectivity index (χ2v) is 4.40. The molecule has 17 heavy (non-hydrogen) atoms. The number of nitrogens with zero attached hydrogens (tertiary/aromatic N) is 1. The molecule has 0 aromatic heterocycles. The van der Waals surface area contributed by atoms with Gasteiger partial charge in [-0.15, -0.1) is 0 Å². The maximum Gasteiger partial charge on any atom is 0.236 e. The summed E-state index contributed by atoms with van der Waals surface area (Å²) >= 11 is 0. The van der Waals surface area contributed by atoms with E-state index in [-0.39, 0.29) is 5.91 Å². The van der Waals surface area contributed by atoms with Crippen LogP contribution in [0.5, 0.6) is 0 Å². The number of hydrogen-bond acceptors (Lipinski definition) is 3. The van der Waals surface area contributed by atoms with E-state index in [0.29, 0.717) is 12.8 Å². The molecule has 0 spiro atoms. The molecular weight excluding hydrogens is 218 g/mol. The fraction of sp³-hybridized carbons (Fsp3) is 0.615. The van der Waals surface area contributed by atoms with Crippen LogP contribution in [-0.4, -0.2) is 39.1 Å². The number of carbonyl (C=O) groups excluding carboxylic acids is 1. The van der Waals surface area contributed by atoms with Gasteiger partial charge in [0.2, 0.25) is 5.91 Å². The Balaban J connectivity index is 3.19. The summed E-state index contributed by atoms with van der Waals surface area (Å²) < 4.78 is 10.6. The molecule has 1 aliphatic rings. The smallest absolute Gasteiger partial charge is 0.236 e. The molecule has 1 rings (SSSR count). The highest BCUT2D eigenvalue weighted by atomic mass is 16.5. The van der Waals surface area contributed by atoms with Crippen molar-refractivity contribution in [3.05, 3.63) is 23.7 Å². The molecule has 0 bridgehead atoms. The van der Waals surface area contributed by atoms with Gasteiger partial charge in [0, 0.05) is 14.1 Å². The Kier molecular flexibility index (Phi) is 4.21. The van der Waals surface area contributed by atoms with Gasteiger partial charge in [0.15, 0.2) is 0 Å². The van der Waals surface area contributed by atoms with Crippen molar-refractivity contribution in [3.8, 4) is 0 Å². The summed E-state index contributed by atoms with van der Waals surface area (Å²) in [5, 5.41) is 0. The van der Waals surface area contributed by atoms with Crippen molar-refractivity contribution in [1.82, 2.24) is 4.90 Å². The van der Waals surface area contributed by atoms with E-state index in [1.807, 2.05) is 19.1 Å². The normalized spacial score (nSPS) is 17.9. The molecule has 96 valence electrons. The molecule has 0 fully saturated rings. The Bertz CT molecular complexity index is 336. The third-order valence-corrected chi connectivity index (χ3v) is 3.10. The summed E-state index contributed by atoms with van der Waals surface area (Å²) in [6.45, 7) is 1.99. The maximum atomic E-state index is 12.3. The Morgan fingerprint density at radius 2 is 1.76 bits per heavy atom. The highest BCUT2D eigenvalue weighted by molar-refractivity contribution is 5.87. The molecule has 0 N–H and O–H groups in total. The van der Waals surface area contributed by atoms with E-state index in [0.717, 1.165) is 11.5 Å². The van der Waals surface area contributed by atoms with Crippen molar-refractivity contribution in [2.24, 2.45) is 5.41 Å². The molecule has 0 heterocycles. The molecule has 0 atom stereocenters. The molecule has 4 nitrogen and oxygen atoms in total.